The number of carbonyl (C=O) groups excluding carboxylic acids is 2. The van der Waals surface area contributed by atoms with E-state index in [0.717, 1.165) is 0 Å². The molecule has 10 heteroatoms. The summed E-state index contributed by atoms with van der Waals surface area (Å²) in [5.41, 5.74) is 1.52. The summed E-state index contributed by atoms with van der Waals surface area (Å²) in [5.74, 6) is -0.136. The van der Waals surface area contributed by atoms with Gasteiger partial charge in [0.05, 0.1) is 31.0 Å². The molecule has 36 heavy (non-hydrogen) atoms. The van der Waals surface area contributed by atoms with Crippen LogP contribution in [-0.2, 0) is 4.74 Å². The van der Waals surface area contributed by atoms with Gasteiger partial charge in [-0.15, -0.1) is 11.3 Å². The molecule has 0 spiro atoms. The number of amides is 1. The summed E-state index contributed by atoms with van der Waals surface area (Å²) >= 11 is 1.24. The summed E-state index contributed by atoms with van der Waals surface area (Å²) in [6.07, 6.45) is 1.47. The number of fused-ring (bicyclic) bond motifs is 1. The van der Waals surface area contributed by atoms with Crippen molar-refractivity contribution in [2.24, 2.45) is 0 Å². The minimum Gasteiger partial charge on any atom is -0.493 e. The number of ether oxygens (including phenoxy) is 4. The lowest BCUT2D eigenvalue weighted by Crippen LogP contribution is -2.30. The van der Waals surface area contributed by atoms with Crippen LogP contribution in [-0.4, -0.2) is 51.3 Å². The highest BCUT2D eigenvalue weighted by Gasteiger charge is 2.22. The van der Waals surface area contributed by atoms with Gasteiger partial charge in [-0.1, -0.05) is 12.1 Å². The third-order valence-corrected chi connectivity index (χ3v) is 6.39. The number of nitrogens with zero attached hydrogens (tertiary/aromatic N) is 1. The van der Waals surface area contributed by atoms with Gasteiger partial charge < -0.3 is 24.3 Å². The highest BCUT2D eigenvalue weighted by Crippen LogP contribution is 2.40. The van der Waals surface area contributed by atoms with Crippen LogP contribution in [0.15, 0.2) is 54.0 Å². The molecule has 0 aliphatic heterocycles. The second-order valence-electron chi connectivity index (χ2n) is 7.53. The van der Waals surface area contributed by atoms with E-state index in [4.69, 9.17) is 18.9 Å². The molecule has 0 fully saturated rings. The van der Waals surface area contributed by atoms with Crippen molar-refractivity contribution in [3.63, 3.8) is 0 Å². The molecular weight excluding hydrogens is 487 g/mol. The van der Waals surface area contributed by atoms with Crippen molar-refractivity contribution in [1.29, 1.82) is 0 Å². The molecule has 8 nitrogen and oxygen atoms in total. The summed E-state index contributed by atoms with van der Waals surface area (Å²) in [6, 6.07) is 11.0. The number of hydrogen-bond acceptors (Lipinski definition) is 8. The summed E-state index contributed by atoms with van der Waals surface area (Å²) in [6.45, 7) is -0.424. The number of methoxy groups -OCH3 is 3. The van der Waals surface area contributed by atoms with Crippen molar-refractivity contribution >= 4 is 33.1 Å². The summed E-state index contributed by atoms with van der Waals surface area (Å²) in [4.78, 5) is 30.3. The zero-order valence-corrected chi connectivity index (χ0v) is 20.6. The SMILES string of the molecule is COCOc1c(C(=O)CNC(=O)c2ccc(OC)c(OC)c2)ccnc1-c1csc2c(F)cccc12. The van der Waals surface area contributed by atoms with Gasteiger partial charge in [-0.25, -0.2) is 4.39 Å². The van der Waals surface area contributed by atoms with E-state index < -0.39 is 11.7 Å². The van der Waals surface area contributed by atoms with Crippen molar-refractivity contribution in [1.82, 2.24) is 10.3 Å². The van der Waals surface area contributed by atoms with E-state index in [1.54, 1.807) is 29.6 Å². The molecular formula is C26H23FN2O6S. The zero-order chi connectivity index (χ0) is 25.7. The van der Waals surface area contributed by atoms with Crippen molar-refractivity contribution in [3.8, 4) is 28.5 Å². The molecule has 2 heterocycles. The van der Waals surface area contributed by atoms with E-state index in [0.29, 0.717) is 38.4 Å². The van der Waals surface area contributed by atoms with Gasteiger partial charge >= 0.3 is 0 Å². The van der Waals surface area contributed by atoms with Gasteiger partial charge in [0.25, 0.3) is 5.91 Å². The number of ketones is 1. The van der Waals surface area contributed by atoms with Crippen LogP contribution < -0.4 is 19.5 Å². The summed E-state index contributed by atoms with van der Waals surface area (Å²) < 4.78 is 36.0. The van der Waals surface area contributed by atoms with E-state index in [2.05, 4.69) is 10.3 Å². The average molecular weight is 511 g/mol. The number of nitrogens with one attached hydrogen (secondary N) is 1. The van der Waals surface area contributed by atoms with Crippen LogP contribution in [0.2, 0.25) is 0 Å². The van der Waals surface area contributed by atoms with E-state index >= 15 is 0 Å². The average Bonchev–Trinajstić information content (AvgIpc) is 3.35. The second-order valence-corrected chi connectivity index (χ2v) is 8.41. The number of Topliss-reactive ketones (excluding diaryl/α,β-unsaturated/α-hetero) is 1. The van der Waals surface area contributed by atoms with Crippen LogP contribution in [0.5, 0.6) is 17.2 Å². The molecule has 0 saturated carbocycles. The standard InChI is InChI=1S/C26H23FN2O6S/c1-32-14-35-24-17(9-10-28-23(24)18-13-36-25-16(18)5-4-6-19(25)27)20(30)12-29-26(31)15-7-8-21(33-2)22(11-15)34-3/h4-11,13H,12,14H2,1-3H3,(H,29,31). The van der Waals surface area contributed by atoms with E-state index in [-0.39, 0.29) is 30.5 Å². The number of thiophene rings is 1. The first-order valence-electron chi connectivity index (χ1n) is 10.8. The van der Waals surface area contributed by atoms with Gasteiger partial charge in [-0.2, -0.15) is 0 Å². The highest BCUT2D eigenvalue weighted by molar-refractivity contribution is 7.17. The Balaban J connectivity index is 1.62. The zero-order valence-electron chi connectivity index (χ0n) is 19.8. The van der Waals surface area contributed by atoms with Crippen molar-refractivity contribution < 1.29 is 32.9 Å². The van der Waals surface area contributed by atoms with Crippen LogP contribution in [0, 0.1) is 5.82 Å². The topological polar surface area (TPSA) is 96.0 Å². The van der Waals surface area contributed by atoms with Gasteiger partial charge in [0, 0.05) is 35.2 Å². The Hall–Kier alpha value is -4.02. The fourth-order valence-electron chi connectivity index (χ4n) is 3.66. The number of halogens is 1. The first kappa shape index (κ1) is 25.1. The first-order chi connectivity index (χ1) is 17.5. The fourth-order valence-corrected chi connectivity index (χ4v) is 4.62. The van der Waals surface area contributed by atoms with Gasteiger partial charge in [0.1, 0.15) is 11.5 Å². The van der Waals surface area contributed by atoms with Crippen LogP contribution in [0.1, 0.15) is 20.7 Å². The highest BCUT2D eigenvalue weighted by atomic mass is 32.1. The molecule has 4 aromatic rings. The predicted molar refractivity (Wildman–Crippen MR) is 134 cm³/mol. The monoisotopic (exact) mass is 510 g/mol. The van der Waals surface area contributed by atoms with Gasteiger partial charge in [-0.05, 0) is 30.3 Å². The molecule has 0 unspecified atom stereocenters. The van der Waals surface area contributed by atoms with Crippen molar-refractivity contribution in [2.45, 2.75) is 0 Å². The largest absolute Gasteiger partial charge is 0.493 e. The number of hydrogen-bond donors (Lipinski definition) is 1. The Morgan fingerprint density at radius 1 is 1.06 bits per heavy atom. The Kier molecular flexibility index (Phi) is 7.77. The molecule has 2 aromatic heterocycles. The number of benzene rings is 2. The molecule has 1 amide bonds. The number of aromatic nitrogens is 1. The minimum atomic E-state index is -0.461. The third-order valence-electron chi connectivity index (χ3n) is 5.39. The van der Waals surface area contributed by atoms with Crippen LogP contribution >= 0.6 is 11.3 Å². The lowest BCUT2D eigenvalue weighted by atomic mass is 10.0. The van der Waals surface area contributed by atoms with Crippen LogP contribution in [0.4, 0.5) is 4.39 Å². The van der Waals surface area contributed by atoms with Crippen molar-refractivity contribution in [2.75, 3.05) is 34.7 Å². The van der Waals surface area contributed by atoms with E-state index in [1.807, 2.05) is 0 Å². The lowest BCUT2D eigenvalue weighted by molar-refractivity contribution is 0.0504. The maximum absolute atomic E-state index is 14.3. The quantitative estimate of drug-likeness (QED) is 0.244. The summed E-state index contributed by atoms with van der Waals surface area (Å²) in [7, 11) is 4.42. The maximum atomic E-state index is 14.3. The molecule has 186 valence electrons. The number of pyridine rings is 1. The second kappa shape index (κ2) is 11.1. The molecule has 0 saturated heterocycles. The lowest BCUT2D eigenvalue weighted by Gasteiger charge is -2.14. The number of carbonyl (C=O) groups is 2. The molecule has 1 N–H and O–H groups in total. The van der Waals surface area contributed by atoms with Gasteiger partial charge in [0.15, 0.2) is 29.8 Å². The molecule has 4 rings (SSSR count). The summed E-state index contributed by atoms with van der Waals surface area (Å²) in [5, 5.41) is 5.04. The Morgan fingerprint density at radius 3 is 2.61 bits per heavy atom. The van der Waals surface area contributed by atoms with E-state index in [1.165, 1.54) is 57.1 Å². The van der Waals surface area contributed by atoms with Gasteiger partial charge in [0.2, 0.25) is 0 Å². The molecule has 0 atom stereocenters. The van der Waals surface area contributed by atoms with E-state index in [9.17, 15) is 14.0 Å². The molecule has 0 radical (unpaired) electrons. The predicted octanol–water partition coefficient (Wildman–Crippen LogP) is 4.72. The Bertz CT molecular complexity index is 1420. The van der Waals surface area contributed by atoms with Crippen molar-refractivity contribution in [3.05, 3.63) is 71.0 Å². The normalized spacial score (nSPS) is 10.8. The third kappa shape index (κ3) is 5.00. The van der Waals surface area contributed by atoms with Crippen LogP contribution in [0.25, 0.3) is 21.3 Å². The molecule has 0 aliphatic rings. The molecule has 0 bridgehead atoms. The molecule has 0 aliphatic carbocycles. The van der Waals surface area contributed by atoms with Gasteiger partial charge in [-0.3, -0.25) is 14.6 Å². The maximum Gasteiger partial charge on any atom is 0.251 e. The Morgan fingerprint density at radius 2 is 1.86 bits per heavy atom. The van der Waals surface area contributed by atoms with Crippen LogP contribution in [0.3, 0.4) is 0 Å². The smallest absolute Gasteiger partial charge is 0.251 e. The first-order valence-corrected chi connectivity index (χ1v) is 11.7. The Labute approximate surface area is 210 Å². The number of rotatable bonds is 10. The molecule has 2 aromatic carbocycles. The minimum absolute atomic E-state index is 0.132. The fraction of sp³-hybridized carbons (Fsp3) is 0.192.